The number of benzene rings is 1. The van der Waals surface area contributed by atoms with Crippen LogP contribution in [0.1, 0.15) is 12.0 Å². The second-order valence-electron chi connectivity index (χ2n) is 7.63. The molecule has 2 amide bonds. The van der Waals surface area contributed by atoms with Crippen molar-refractivity contribution in [2.24, 2.45) is 23.7 Å². The van der Waals surface area contributed by atoms with Crippen LogP contribution < -0.4 is 20.1 Å². The molecule has 7 nitrogen and oxygen atoms in total. The number of ether oxygens (including phenoxy) is 2. The van der Waals surface area contributed by atoms with Gasteiger partial charge in [-0.25, -0.2) is 0 Å². The summed E-state index contributed by atoms with van der Waals surface area (Å²) in [4.78, 5) is 30.3. The minimum Gasteiger partial charge on any atom is -0.497 e. The topological polar surface area (TPSA) is 89.5 Å². The van der Waals surface area contributed by atoms with Crippen LogP contribution in [-0.2, 0) is 16.1 Å². The number of rotatable bonds is 7. The van der Waals surface area contributed by atoms with E-state index >= 15 is 0 Å². The second-order valence-corrected chi connectivity index (χ2v) is 7.63. The molecule has 0 radical (unpaired) electrons. The molecular weight excluding hydrogens is 382 g/mol. The van der Waals surface area contributed by atoms with Crippen LogP contribution in [0.5, 0.6) is 11.5 Å². The van der Waals surface area contributed by atoms with E-state index in [0.29, 0.717) is 23.7 Å². The van der Waals surface area contributed by atoms with Gasteiger partial charge in [-0.2, -0.15) is 0 Å². The van der Waals surface area contributed by atoms with Crippen LogP contribution >= 0.6 is 0 Å². The first-order valence-electron chi connectivity index (χ1n) is 9.98. The van der Waals surface area contributed by atoms with E-state index in [1.54, 1.807) is 44.8 Å². The Morgan fingerprint density at radius 2 is 1.83 bits per heavy atom. The van der Waals surface area contributed by atoms with Crippen LogP contribution in [0.4, 0.5) is 5.69 Å². The number of hydrogen-bond acceptors (Lipinski definition) is 5. The third-order valence-corrected chi connectivity index (χ3v) is 5.92. The molecule has 4 atom stereocenters. The molecule has 1 saturated carbocycles. The van der Waals surface area contributed by atoms with E-state index in [1.165, 1.54) is 0 Å². The van der Waals surface area contributed by atoms with Crippen LogP contribution in [0.25, 0.3) is 0 Å². The van der Waals surface area contributed by atoms with Gasteiger partial charge in [-0.3, -0.25) is 14.6 Å². The molecule has 1 fully saturated rings. The van der Waals surface area contributed by atoms with Crippen LogP contribution in [-0.4, -0.2) is 31.0 Å². The van der Waals surface area contributed by atoms with E-state index in [9.17, 15) is 9.59 Å². The lowest BCUT2D eigenvalue weighted by Crippen LogP contribution is -2.41. The number of pyridine rings is 1. The number of allylic oxidation sites excluding steroid dienone is 2. The van der Waals surface area contributed by atoms with Crippen molar-refractivity contribution in [1.82, 2.24) is 10.3 Å². The van der Waals surface area contributed by atoms with E-state index in [1.807, 2.05) is 12.1 Å². The Balaban J connectivity index is 1.50. The van der Waals surface area contributed by atoms with Crippen molar-refractivity contribution in [2.75, 3.05) is 19.5 Å². The number of methoxy groups -OCH3 is 2. The largest absolute Gasteiger partial charge is 0.497 e. The SMILES string of the molecule is COc1ccc(OC)c(NC(=O)[C@H]2[C@@H](C(=O)NCc3cccnc3)[C@H]3C=C[C@@H]2C3)c1. The zero-order valence-corrected chi connectivity index (χ0v) is 17.0. The van der Waals surface area contributed by atoms with Crippen LogP contribution in [0.2, 0.25) is 0 Å². The molecule has 30 heavy (non-hydrogen) atoms. The van der Waals surface area contributed by atoms with Crippen molar-refractivity contribution >= 4 is 17.5 Å². The maximum absolute atomic E-state index is 13.2. The van der Waals surface area contributed by atoms with Gasteiger partial charge >= 0.3 is 0 Å². The summed E-state index contributed by atoms with van der Waals surface area (Å²) in [6.45, 7) is 0.391. The number of hydrogen-bond donors (Lipinski definition) is 2. The summed E-state index contributed by atoms with van der Waals surface area (Å²) in [5.41, 5.74) is 1.45. The average molecular weight is 407 g/mol. The fourth-order valence-corrected chi connectivity index (χ4v) is 4.47. The van der Waals surface area contributed by atoms with Crippen LogP contribution in [0.15, 0.2) is 54.9 Å². The summed E-state index contributed by atoms with van der Waals surface area (Å²) in [7, 11) is 3.11. The lowest BCUT2D eigenvalue weighted by atomic mass is 9.81. The third-order valence-electron chi connectivity index (χ3n) is 5.92. The van der Waals surface area contributed by atoms with Gasteiger partial charge in [-0.15, -0.1) is 0 Å². The first-order valence-corrected chi connectivity index (χ1v) is 9.98. The normalized spacial score (nSPS) is 23.8. The first kappa shape index (κ1) is 19.9. The molecule has 7 heteroatoms. The van der Waals surface area contributed by atoms with Gasteiger partial charge in [0.15, 0.2) is 0 Å². The number of fused-ring (bicyclic) bond motifs is 2. The zero-order chi connectivity index (χ0) is 21.1. The average Bonchev–Trinajstić information content (AvgIpc) is 3.40. The maximum Gasteiger partial charge on any atom is 0.229 e. The van der Waals surface area contributed by atoms with Gasteiger partial charge in [0.05, 0.1) is 31.7 Å². The minimum absolute atomic E-state index is 0.0562. The Labute approximate surface area is 175 Å². The molecule has 2 aromatic rings. The van der Waals surface area contributed by atoms with Gasteiger partial charge in [0, 0.05) is 25.0 Å². The van der Waals surface area contributed by atoms with Crippen molar-refractivity contribution in [3.05, 3.63) is 60.4 Å². The van der Waals surface area contributed by atoms with Crippen molar-refractivity contribution in [3.63, 3.8) is 0 Å². The minimum atomic E-state index is -0.426. The molecule has 2 aliphatic rings. The van der Waals surface area contributed by atoms with Gasteiger partial charge in [0.1, 0.15) is 11.5 Å². The van der Waals surface area contributed by atoms with E-state index in [-0.39, 0.29) is 23.7 Å². The molecule has 1 aromatic carbocycles. The Morgan fingerprint density at radius 1 is 1.07 bits per heavy atom. The highest BCUT2D eigenvalue weighted by Crippen LogP contribution is 2.48. The lowest BCUT2D eigenvalue weighted by molar-refractivity contribution is -0.133. The Hall–Kier alpha value is -3.35. The number of nitrogens with one attached hydrogen (secondary N) is 2. The molecule has 156 valence electrons. The van der Waals surface area contributed by atoms with Crippen molar-refractivity contribution < 1.29 is 19.1 Å². The van der Waals surface area contributed by atoms with Crippen molar-refractivity contribution in [2.45, 2.75) is 13.0 Å². The summed E-state index contributed by atoms with van der Waals surface area (Å²) in [6.07, 6.45) is 8.36. The molecule has 0 spiro atoms. The smallest absolute Gasteiger partial charge is 0.229 e. The quantitative estimate of drug-likeness (QED) is 0.689. The monoisotopic (exact) mass is 407 g/mol. The standard InChI is InChI=1S/C23H25N3O4/c1-29-17-7-8-19(30-2)18(11-17)26-23(28)21-16-6-5-15(10-16)20(21)22(27)25-13-14-4-3-9-24-12-14/h3-9,11-12,15-16,20-21H,10,13H2,1-2H3,(H,25,27)(H,26,28)/t15-,16+,20-,21+/m0/s1. The lowest BCUT2D eigenvalue weighted by Gasteiger charge is -2.26. The Kier molecular flexibility index (Phi) is 5.70. The van der Waals surface area contributed by atoms with E-state index in [0.717, 1.165) is 12.0 Å². The Morgan fingerprint density at radius 3 is 2.50 bits per heavy atom. The second kappa shape index (κ2) is 8.57. The van der Waals surface area contributed by atoms with Crippen LogP contribution in [0.3, 0.4) is 0 Å². The molecule has 1 aromatic heterocycles. The van der Waals surface area contributed by atoms with Crippen molar-refractivity contribution in [1.29, 1.82) is 0 Å². The first-order chi connectivity index (χ1) is 14.6. The molecule has 1 heterocycles. The number of amides is 2. The molecule has 0 saturated heterocycles. The molecule has 4 rings (SSSR count). The number of anilines is 1. The predicted molar refractivity (Wildman–Crippen MR) is 112 cm³/mol. The highest BCUT2D eigenvalue weighted by atomic mass is 16.5. The zero-order valence-electron chi connectivity index (χ0n) is 17.0. The Bertz CT molecular complexity index is 960. The predicted octanol–water partition coefficient (Wildman–Crippen LogP) is 2.79. The summed E-state index contributed by atoms with van der Waals surface area (Å²) in [5, 5.41) is 5.93. The molecule has 2 bridgehead atoms. The van der Waals surface area contributed by atoms with Gasteiger partial charge in [0.25, 0.3) is 0 Å². The molecule has 0 aliphatic heterocycles. The van der Waals surface area contributed by atoms with Gasteiger partial charge in [0.2, 0.25) is 11.8 Å². The van der Waals surface area contributed by atoms with Gasteiger partial charge in [-0.05, 0) is 42.0 Å². The summed E-state index contributed by atoms with van der Waals surface area (Å²) in [6, 6.07) is 8.97. The van der Waals surface area contributed by atoms with Gasteiger partial charge < -0.3 is 20.1 Å². The van der Waals surface area contributed by atoms with E-state index < -0.39 is 11.8 Å². The highest BCUT2D eigenvalue weighted by Gasteiger charge is 2.51. The number of nitrogens with zero attached hydrogens (tertiary/aromatic N) is 1. The van der Waals surface area contributed by atoms with Crippen LogP contribution in [0, 0.1) is 23.7 Å². The summed E-state index contributed by atoms with van der Waals surface area (Å²) in [5.74, 6) is 0.184. The number of aromatic nitrogens is 1. The molecule has 2 aliphatic carbocycles. The number of carbonyl (C=O) groups excluding carboxylic acids is 2. The summed E-state index contributed by atoms with van der Waals surface area (Å²) >= 11 is 0. The maximum atomic E-state index is 13.2. The molecule has 2 N–H and O–H groups in total. The fraction of sp³-hybridized carbons (Fsp3) is 0.348. The van der Waals surface area contributed by atoms with Crippen molar-refractivity contribution in [3.8, 4) is 11.5 Å². The van der Waals surface area contributed by atoms with Gasteiger partial charge in [-0.1, -0.05) is 18.2 Å². The fourth-order valence-electron chi connectivity index (χ4n) is 4.47. The molecule has 0 unspecified atom stereocenters. The third kappa shape index (κ3) is 3.87. The molecular formula is C23H25N3O4. The van der Waals surface area contributed by atoms with E-state index in [2.05, 4.69) is 27.8 Å². The van der Waals surface area contributed by atoms with E-state index in [4.69, 9.17) is 9.47 Å². The highest BCUT2D eigenvalue weighted by molar-refractivity contribution is 5.98. The summed E-state index contributed by atoms with van der Waals surface area (Å²) < 4.78 is 10.6. The number of carbonyl (C=O) groups is 2.